The monoisotopic (exact) mass is 112 g/mol. The molecule has 0 aromatic rings. The second-order valence-electron chi connectivity index (χ2n) is 0.934. The molecule has 38 valence electrons. The van der Waals surface area contributed by atoms with Gasteiger partial charge in [-0.2, -0.15) is 0 Å². The van der Waals surface area contributed by atoms with Crippen molar-refractivity contribution in [2.24, 2.45) is 0 Å². The number of alkyl halides is 2. The van der Waals surface area contributed by atoms with Crippen LogP contribution in [0, 0.1) is 0 Å². The molecule has 6 heavy (non-hydrogen) atoms. The molecule has 0 aromatic heterocycles. The molecule has 0 aliphatic heterocycles. The van der Waals surface area contributed by atoms with E-state index in [1.807, 2.05) is 0 Å². The molecule has 0 aliphatic carbocycles. The van der Waals surface area contributed by atoms with Gasteiger partial charge in [0.15, 0.2) is 0 Å². The molecule has 0 spiro atoms. The van der Waals surface area contributed by atoms with Crippen molar-refractivity contribution in [2.75, 3.05) is 13.3 Å². The summed E-state index contributed by atoms with van der Waals surface area (Å²) in [6.07, 6.45) is 0. The third-order valence-electron chi connectivity index (χ3n) is 0.366. The van der Waals surface area contributed by atoms with E-state index in [0.29, 0.717) is 0 Å². The Balaban J connectivity index is 2.75. The van der Waals surface area contributed by atoms with Crippen LogP contribution in [0.15, 0.2) is 0 Å². The van der Waals surface area contributed by atoms with Crippen molar-refractivity contribution in [3.63, 3.8) is 0 Å². The van der Waals surface area contributed by atoms with Gasteiger partial charge < -0.3 is 5.11 Å². The molecule has 0 aromatic carbocycles. The van der Waals surface area contributed by atoms with Gasteiger partial charge in [-0.15, -0.1) is 11.6 Å². The van der Waals surface area contributed by atoms with E-state index in [1.165, 1.54) is 0 Å². The van der Waals surface area contributed by atoms with Crippen molar-refractivity contribution in [2.45, 2.75) is 5.38 Å². The third-order valence-corrected chi connectivity index (χ3v) is 0.620. The summed E-state index contributed by atoms with van der Waals surface area (Å²) in [5, 5.41) is 7.26. The molecule has 0 bridgehead atoms. The van der Waals surface area contributed by atoms with Gasteiger partial charge in [-0.05, 0) is 0 Å². The first kappa shape index (κ1) is 6.18. The summed E-state index contributed by atoms with van der Waals surface area (Å²) in [5.74, 6) is 0. The van der Waals surface area contributed by atoms with Gasteiger partial charge in [0.05, 0.1) is 12.0 Å². The zero-order valence-electron chi connectivity index (χ0n) is 3.19. The second kappa shape index (κ2) is 3.37. The summed E-state index contributed by atoms with van der Waals surface area (Å²) in [4.78, 5) is 0. The minimum atomic E-state index is -0.704. The first-order chi connectivity index (χ1) is 2.81. The average molecular weight is 113 g/mol. The summed E-state index contributed by atoms with van der Waals surface area (Å²) < 4.78 is 11.1. The van der Waals surface area contributed by atoms with Crippen LogP contribution in [0.3, 0.4) is 0 Å². The summed E-state index contributed by atoms with van der Waals surface area (Å²) in [7, 11) is 0. The Hall–Kier alpha value is 0.180. The van der Waals surface area contributed by atoms with Gasteiger partial charge in [0.1, 0.15) is 6.67 Å². The van der Waals surface area contributed by atoms with Gasteiger partial charge in [-0.3, -0.25) is 0 Å². The molecule has 3 heteroatoms. The number of rotatable bonds is 2. The van der Waals surface area contributed by atoms with Gasteiger partial charge in [0.25, 0.3) is 0 Å². The van der Waals surface area contributed by atoms with Crippen LogP contribution in [0.1, 0.15) is 0 Å². The molecule has 0 saturated heterocycles. The van der Waals surface area contributed by atoms with Crippen LogP contribution in [-0.4, -0.2) is 23.8 Å². The van der Waals surface area contributed by atoms with E-state index in [1.54, 1.807) is 0 Å². The summed E-state index contributed by atoms with van der Waals surface area (Å²) in [5.41, 5.74) is 0. The van der Waals surface area contributed by atoms with E-state index < -0.39 is 12.1 Å². The van der Waals surface area contributed by atoms with Crippen molar-refractivity contribution < 1.29 is 9.50 Å². The van der Waals surface area contributed by atoms with Crippen LogP contribution < -0.4 is 0 Å². The molecule has 1 atom stereocenters. The first-order valence-electron chi connectivity index (χ1n) is 1.62. The van der Waals surface area contributed by atoms with E-state index in [4.69, 9.17) is 16.7 Å². The Bertz CT molecular complexity index is 30.0. The molecule has 0 unspecified atom stereocenters. The highest BCUT2D eigenvalue weighted by atomic mass is 35.5. The molecular formula is C3H6ClFO. The molecule has 0 fully saturated rings. The summed E-state index contributed by atoms with van der Waals surface area (Å²) in [6.45, 7) is -0.934. The Kier molecular flexibility index (Phi) is 3.47. The van der Waals surface area contributed by atoms with E-state index in [9.17, 15) is 4.39 Å². The van der Waals surface area contributed by atoms with Gasteiger partial charge in [0, 0.05) is 0 Å². The largest absolute Gasteiger partial charge is 0.395 e. The van der Waals surface area contributed by atoms with E-state index in [0.717, 1.165) is 0 Å². The number of aliphatic hydroxyl groups excluding tert-OH is 1. The van der Waals surface area contributed by atoms with Gasteiger partial charge in [-0.25, -0.2) is 4.39 Å². The highest BCUT2D eigenvalue weighted by Crippen LogP contribution is 1.91. The third kappa shape index (κ3) is 2.42. The van der Waals surface area contributed by atoms with E-state index >= 15 is 0 Å². The van der Waals surface area contributed by atoms with Gasteiger partial charge in [-0.1, -0.05) is 0 Å². The van der Waals surface area contributed by atoms with Crippen molar-refractivity contribution in [1.29, 1.82) is 0 Å². The highest BCUT2D eigenvalue weighted by molar-refractivity contribution is 6.20. The van der Waals surface area contributed by atoms with Crippen molar-refractivity contribution in [1.82, 2.24) is 0 Å². The predicted octanol–water partition coefficient (Wildman–Crippen LogP) is 0.556. The molecular weight excluding hydrogens is 106 g/mol. The predicted molar refractivity (Wildman–Crippen MR) is 22.7 cm³/mol. The average Bonchev–Trinajstić information content (AvgIpc) is 1.65. The SMILES string of the molecule is OC[C@H](Cl)CF. The minimum absolute atomic E-state index is 0.280. The molecule has 0 heterocycles. The Morgan fingerprint density at radius 1 is 1.83 bits per heavy atom. The normalized spacial score (nSPS) is 14.5. The molecule has 0 radical (unpaired) electrons. The molecule has 0 saturated carbocycles. The maximum absolute atomic E-state index is 11.1. The fourth-order valence-electron chi connectivity index (χ4n) is 0.0488. The van der Waals surface area contributed by atoms with Crippen LogP contribution >= 0.6 is 11.6 Å². The maximum Gasteiger partial charge on any atom is 0.108 e. The Labute approximate surface area is 40.7 Å². The molecule has 0 amide bonds. The topological polar surface area (TPSA) is 20.2 Å². The fraction of sp³-hybridized carbons (Fsp3) is 1.00. The Morgan fingerprint density at radius 3 is 2.33 bits per heavy atom. The first-order valence-corrected chi connectivity index (χ1v) is 2.05. The fourth-order valence-corrected chi connectivity index (χ4v) is 0.0488. The summed E-state index contributed by atoms with van der Waals surface area (Å²) in [6, 6.07) is 0. The molecule has 1 nitrogen and oxygen atoms in total. The van der Waals surface area contributed by atoms with Crippen molar-refractivity contribution >= 4 is 11.6 Å². The lowest BCUT2D eigenvalue weighted by molar-refractivity contribution is 0.273. The van der Waals surface area contributed by atoms with E-state index in [2.05, 4.69) is 0 Å². The molecule has 0 rings (SSSR count). The standard InChI is InChI=1S/C3H6ClFO/c4-3(1-5)2-6/h3,6H,1-2H2/t3-/m1/s1. The number of aliphatic hydroxyl groups is 1. The zero-order valence-corrected chi connectivity index (χ0v) is 3.95. The Morgan fingerprint density at radius 2 is 2.33 bits per heavy atom. The quantitative estimate of drug-likeness (QED) is 0.518. The minimum Gasteiger partial charge on any atom is -0.395 e. The van der Waals surface area contributed by atoms with Crippen LogP contribution in [0.25, 0.3) is 0 Å². The number of hydrogen-bond acceptors (Lipinski definition) is 1. The van der Waals surface area contributed by atoms with Gasteiger partial charge >= 0.3 is 0 Å². The molecule has 1 N–H and O–H groups in total. The van der Waals surface area contributed by atoms with Crippen LogP contribution in [-0.2, 0) is 0 Å². The maximum atomic E-state index is 11.1. The van der Waals surface area contributed by atoms with E-state index in [-0.39, 0.29) is 6.61 Å². The number of hydrogen-bond donors (Lipinski definition) is 1. The zero-order chi connectivity index (χ0) is 4.99. The van der Waals surface area contributed by atoms with Gasteiger partial charge in [0.2, 0.25) is 0 Å². The second-order valence-corrected chi connectivity index (χ2v) is 1.55. The highest BCUT2D eigenvalue weighted by Gasteiger charge is 1.96. The lowest BCUT2D eigenvalue weighted by Gasteiger charge is -1.92. The smallest absolute Gasteiger partial charge is 0.108 e. The van der Waals surface area contributed by atoms with Crippen molar-refractivity contribution in [3.8, 4) is 0 Å². The number of halogens is 2. The lowest BCUT2D eigenvalue weighted by atomic mass is 10.5. The van der Waals surface area contributed by atoms with Crippen LogP contribution in [0.4, 0.5) is 4.39 Å². The van der Waals surface area contributed by atoms with Crippen molar-refractivity contribution in [3.05, 3.63) is 0 Å². The lowest BCUT2D eigenvalue weighted by Crippen LogP contribution is -2.05. The van der Waals surface area contributed by atoms with Crippen LogP contribution in [0.2, 0.25) is 0 Å². The van der Waals surface area contributed by atoms with Crippen LogP contribution in [0.5, 0.6) is 0 Å². The molecule has 0 aliphatic rings. The summed E-state index contributed by atoms with van der Waals surface area (Å²) >= 11 is 5.02.